The van der Waals surface area contributed by atoms with Crippen molar-refractivity contribution in [1.82, 2.24) is 9.78 Å². The number of nitrogens with zero attached hydrogens (tertiary/aromatic N) is 3. The molecule has 1 aliphatic heterocycles. The van der Waals surface area contributed by atoms with E-state index in [1.807, 2.05) is 35.1 Å². The standard InChI is InChI=1S/C15H19N3O2/c19-14-11-17(8-9-20-12-14)15-6-7-18(16-15)10-13-4-2-1-3-5-13/h1-7,14,19H,8-12H2. The van der Waals surface area contributed by atoms with Crippen LogP contribution in [-0.4, -0.2) is 47.3 Å². The summed E-state index contributed by atoms with van der Waals surface area (Å²) in [5, 5.41) is 14.3. The molecule has 1 atom stereocenters. The number of aliphatic hydroxyl groups excluding tert-OH is 1. The van der Waals surface area contributed by atoms with Crippen LogP contribution in [0.4, 0.5) is 5.82 Å². The van der Waals surface area contributed by atoms with Crippen LogP contribution in [0.1, 0.15) is 5.56 Å². The summed E-state index contributed by atoms with van der Waals surface area (Å²) in [5.74, 6) is 0.894. The van der Waals surface area contributed by atoms with Crippen molar-refractivity contribution in [1.29, 1.82) is 0 Å². The number of hydrogen-bond donors (Lipinski definition) is 1. The van der Waals surface area contributed by atoms with Crippen LogP contribution < -0.4 is 4.90 Å². The topological polar surface area (TPSA) is 50.5 Å². The Morgan fingerprint density at radius 2 is 2.10 bits per heavy atom. The van der Waals surface area contributed by atoms with Crippen LogP contribution in [0.25, 0.3) is 0 Å². The second-order valence-corrected chi connectivity index (χ2v) is 5.03. The summed E-state index contributed by atoms with van der Waals surface area (Å²) in [4.78, 5) is 2.07. The molecule has 0 spiro atoms. The van der Waals surface area contributed by atoms with Gasteiger partial charge in [-0.15, -0.1) is 0 Å². The molecule has 2 aromatic rings. The summed E-state index contributed by atoms with van der Waals surface area (Å²) < 4.78 is 7.25. The van der Waals surface area contributed by atoms with E-state index in [0.29, 0.717) is 19.8 Å². The highest BCUT2D eigenvalue weighted by atomic mass is 16.5. The third-order valence-corrected chi connectivity index (χ3v) is 3.38. The monoisotopic (exact) mass is 273 g/mol. The molecular weight excluding hydrogens is 254 g/mol. The van der Waals surface area contributed by atoms with Gasteiger partial charge >= 0.3 is 0 Å². The van der Waals surface area contributed by atoms with Crippen LogP contribution in [0, 0.1) is 0 Å². The highest BCUT2D eigenvalue weighted by Gasteiger charge is 2.18. The van der Waals surface area contributed by atoms with Crippen LogP contribution in [0.2, 0.25) is 0 Å². The molecule has 1 aliphatic rings. The Morgan fingerprint density at radius 3 is 2.95 bits per heavy atom. The van der Waals surface area contributed by atoms with Crippen LogP contribution in [0.3, 0.4) is 0 Å². The summed E-state index contributed by atoms with van der Waals surface area (Å²) in [6, 6.07) is 12.2. The SMILES string of the molecule is OC1COCCN(c2ccn(Cc3ccccc3)n2)C1. The summed E-state index contributed by atoms with van der Waals surface area (Å²) in [5.41, 5.74) is 1.22. The minimum atomic E-state index is -0.447. The molecule has 0 amide bonds. The predicted molar refractivity (Wildman–Crippen MR) is 76.8 cm³/mol. The van der Waals surface area contributed by atoms with Crippen molar-refractivity contribution in [2.75, 3.05) is 31.2 Å². The minimum absolute atomic E-state index is 0.404. The third-order valence-electron chi connectivity index (χ3n) is 3.38. The minimum Gasteiger partial charge on any atom is -0.389 e. The van der Waals surface area contributed by atoms with Gasteiger partial charge in [0.2, 0.25) is 0 Å². The van der Waals surface area contributed by atoms with Gasteiger partial charge in [0.05, 0.1) is 25.9 Å². The number of benzene rings is 1. The van der Waals surface area contributed by atoms with Gasteiger partial charge in [0.25, 0.3) is 0 Å². The van der Waals surface area contributed by atoms with Gasteiger partial charge in [0.1, 0.15) is 0 Å². The van der Waals surface area contributed by atoms with E-state index in [1.165, 1.54) is 5.56 Å². The second-order valence-electron chi connectivity index (χ2n) is 5.03. The molecule has 20 heavy (non-hydrogen) atoms. The number of rotatable bonds is 3. The Kier molecular flexibility index (Phi) is 3.99. The van der Waals surface area contributed by atoms with Crippen molar-refractivity contribution >= 4 is 5.82 Å². The van der Waals surface area contributed by atoms with E-state index in [1.54, 1.807) is 0 Å². The molecule has 1 N–H and O–H groups in total. The maximum absolute atomic E-state index is 9.76. The number of hydrogen-bond acceptors (Lipinski definition) is 4. The molecular formula is C15H19N3O2. The highest BCUT2D eigenvalue weighted by Crippen LogP contribution is 2.14. The maximum Gasteiger partial charge on any atom is 0.150 e. The summed E-state index contributed by atoms with van der Waals surface area (Å²) >= 11 is 0. The zero-order valence-corrected chi connectivity index (χ0v) is 11.4. The highest BCUT2D eigenvalue weighted by molar-refractivity contribution is 5.37. The van der Waals surface area contributed by atoms with Crippen molar-refractivity contribution < 1.29 is 9.84 Å². The average Bonchev–Trinajstić information content (AvgIpc) is 2.81. The molecule has 1 saturated heterocycles. The fourth-order valence-corrected chi connectivity index (χ4v) is 2.38. The van der Waals surface area contributed by atoms with Crippen LogP contribution in [0.15, 0.2) is 42.6 Å². The first-order valence-electron chi connectivity index (χ1n) is 6.89. The van der Waals surface area contributed by atoms with E-state index in [2.05, 4.69) is 22.1 Å². The molecule has 106 valence electrons. The largest absolute Gasteiger partial charge is 0.389 e. The molecule has 3 rings (SSSR count). The van der Waals surface area contributed by atoms with E-state index in [9.17, 15) is 5.11 Å². The lowest BCUT2D eigenvalue weighted by atomic mass is 10.2. The first-order chi connectivity index (χ1) is 9.81. The quantitative estimate of drug-likeness (QED) is 0.911. The third kappa shape index (κ3) is 3.18. The number of anilines is 1. The summed E-state index contributed by atoms with van der Waals surface area (Å²) in [6.07, 6.45) is 1.53. The molecule has 0 bridgehead atoms. The molecule has 0 radical (unpaired) electrons. The van der Waals surface area contributed by atoms with Gasteiger partial charge in [-0.05, 0) is 5.56 Å². The van der Waals surface area contributed by atoms with Gasteiger partial charge in [-0.25, -0.2) is 0 Å². The normalized spacial score (nSPS) is 19.9. The molecule has 1 aromatic carbocycles. The molecule has 1 unspecified atom stereocenters. The van der Waals surface area contributed by atoms with E-state index < -0.39 is 6.10 Å². The van der Waals surface area contributed by atoms with Crippen molar-refractivity contribution in [2.45, 2.75) is 12.6 Å². The lowest BCUT2D eigenvalue weighted by Crippen LogP contribution is -2.33. The lowest BCUT2D eigenvalue weighted by Gasteiger charge is -2.20. The molecule has 0 saturated carbocycles. The van der Waals surface area contributed by atoms with E-state index in [0.717, 1.165) is 18.9 Å². The Bertz CT molecular complexity index is 541. The predicted octanol–water partition coefficient (Wildman–Crippen LogP) is 1.13. The van der Waals surface area contributed by atoms with Gasteiger partial charge in [-0.2, -0.15) is 5.10 Å². The van der Waals surface area contributed by atoms with Crippen molar-refractivity contribution in [3.05, 3.63) is 48.2 Å². The van der Waals surface area contributed by atoms with Crippen molar-refractivity contribution in [3.8, 4) is 0 Å². The Morgan fingerprint density at radius 1 is 1.25 bits per heavy atom. The number of aromatic nitrogens is 2. The Balaban J connectivity index is 1.69. The molecule has 0 aliphatic carbocycles. The zero-order valence-electron chi connectivity index (χ0n) is 11.4. The smallest absolute Gasteiger partial charge is 0.150 e. The van der Waals surface area contributed by atoms with E-state index in [-0.39, 0.29) is 0 Å². The first kappa shape index (κ1) is 13.1. The van der Waals surface area contributed by atoms with Gasteiger partial charge < -0.3 is 14.7 Å². The maximum atomic E-state index is 9.76. The molecule has 5 nitrogen and oxygen atoms in total. The van der Waals surface area contributed by atoms with Gasteiger partial charge in [-0.1, -0.05) is 30.3 Å². The van der Waals surface area contributed by atoms with Crippen LogP contribution in [-0.2, 0) is 11.3 Å². The summed E-state index contributed by atoms with van der Waals surface area (Å²) in [7, 11) is 0. The fraction of sp³-hybridized carbons (Fsp3) is 0.400. The number of ether oxygens (including phenoxy) is 1. The number of aliphatic hydroxyl groups is 1. The van der Waals surface area contributed by atoms with E-state index in [4.69, 9.17) is 4.74 Å². The van der Waals surface area contributed by atoms with Gasteiger partial charge in [0, 0.05) is 25.4 Å². The van der Waals surface area contributed by atoms with Crippen molar-refractivity contribution in [2.24, 2.45) is 0 Å². The van der Waals surface area contributed by atoms with Crippen LogP contribution >= 0.6 is 0 Å². The average molecular weight is 273 g/mol. The zero-order chi connectivity index (χ0) is 13.8. The molecule has 2 heterocycles. The second kappa shape index (κ2) is 6.07. The molecule has 1 fully saturated rings. The summed E-state index contributed by atoms with van der Waals surface area (Å²) in [6.45, 7) is 3.12. The first-order valence-corrected chi connectivity index (χ1v) is 6.89. The van der Waals surface area contributed by atoms with Gasteiger partial charge in [-0.3, -0.25) is 4.68 Å². The Labute approximate surface area is 118 Å². The van der Waals surface area contributed by atoms with Crippen molar-refractivity contribution in [3.63, 3.8) is 0 Å². The molecule has 1 aromatic heterocycles. The molecule has 5 heteroatoms. The lowest BCUT2D eigenvalue weighted by molar-refractivity contribution is 0.0597. The number of β-amino-alcohol motifs (C(OH)–C–C–N with tert-alkyl or cyclic N) is 1. The van der Waals surface area contributed by atoms with E-state index >= 15 is 0 Å². The fourth-order valence-electron chi connectivity index (χ4n) is 2.38. The Hall–Kier alpha value is -1.85. The van der Waals surface area contributed by atoms with Gasteiger partial charge in [0.15, 0.2) is 5.82 Å². The van der Waals surface area contributed by atoms with Crippen LogP contribution in [0.5, 0.6) is 0 Å².